The van der Waals surface area contributed by atoms with E-state index in [0.29, 0.717) is 0 Å². The minimum absolute atomic E-state index is 0.679. The molecule has 8 heteroatoms. The van der Waals surface area contributed by atoms with E-state index in [1.807, 2.05) is 0 Å². The van der Waals surface area contributed by atoms with Crippen LogP contribution in [0.1, 0.15) is 0 Å². The van der Waals surface area contributed by atoms with E-state index in [1.165, 1.54) is 12.1 Å². The molecular weight excluding hydrogens is 264 g/mol. The molecule has 0 N–H and O–H groups in total. The maximum atomic E-state index is 13.1. The van der Waals surface area contributed by atoms with Crippen LogP contribution in [0.4, 0.5) is 17.6 Å². The van der Waals surface area contributed by atoms with Crippen LogP contribution in [-0.2, 0) is 14.6 Å². The Labute approximate surface area is 94.9 Å². The SMILES string of the molecule is O=S(=O)(COCC(F)(F)F)c1ccccc1F. The predicted octanol–water partition coefficient (Wildman–Crippen LogP) is 2.14. The van der Waals surface area contributed by atoms with Crippen LogP contribution in [0.3, 0.4) is 0 Å². The van der Waals surface area contributed by atoms with Gasteiger partial charge in [0.2, 0.25) is 9.84 Å². The first-order valence-electron chi connectivity index (χ1n) is 4.34. The lowest BCUT2D eigenvalue weighted by Gasteiger charge is -2.08. The van der Waals surface area contributed by atoms with Crippen molar-refractivity contribution in [3.63, 3.8) is 0 Å². The number of benzene rings is 1. The highest BCUT2D eigenvalue weighted by atomic mass is 32.2. The number of alkyl halides is 3. The van der Waals surface area contributed by atoms with Crippen LogP contribution < -0.4 is 0 Å². The van der Waals surface area contributed by atoms with Gasteiger partial charge in [-0.05, 0) is 12.1 Å². The maximum absolute atomic E-state index is 13.1. The summed E-state index contributed by atoms with van der Waals surface area (Å²) in [5.41, 5.74) is 0. The Morgan fingerprint density at radius 1 is 1.18 bits per heavy atom. The maximum Gasteiger partial charge on any atom is 0.411 e. The second-order valence-corrected chi connectivity index (χ2v) is 5.03. The molecule has 0 aliphatic rings. The average Bonchev–Trinajstić information content (AvgIpc) is 2.15. The molecule has 0 radical (unpaired) electrons. The number of hydrogen-bond donors (Lipinski definition) is 0. The molecule has 1 aromatic carbocycles. The molecule has 0 unspecified atom stereocenters. The van der Waals surface area contributed by atoms with Gasteiger partial charge < -0.3 is 4.74 Å². The lowest BCUT2D eigenvalue weighted by Crippen LogP contribution is -2.21. The second kappa shape index (κ2) is 5.01. The molecular formula is C9H8F4O3S. The van der Waals surface area contributed by atoms with Crippen molar-refractivity contribution < 1.29 is 30.7 Å². The van der Waals surface area contributed by atoms with Crippen LogP contribution in [0.2, 0.25) is 0 Å². The van der Waals surface area contributed by atoms with Crippen molar-refractivity contribution in [3.05, 3.63) is 30.1 Å². The molecule has 0 aliphatic heterocycles. The van der Waals surface area contributed by atoms with Gasteiger partial charge in [-0.15, -0.1) is 0 Å². The summed E-state index contributed by atoms with van der Waals surface area (Å²) in [7, 11) is -4.21. The Kier molecular flexibility index (Phi) is 4.10. The lowest BCUT2D eigenvalue weighted by atomic mass is 10.4. The lowest BCUT2D eigenvalue weighted by molar-refractivity contribution is -0.169. The molecule has 0 amide bonds. The highest BCUT2D eigenvalue weighted by molar-refractivity contribution is 7.91. The van der Waals surface area contributed by atoms with E-state index >= 15 is 0 Å². The second-order valence-electron chi connectivity index (χ2n) is 3.13. The summed E-state index contributed by atoms with van der Waals surface area (Å²) < 4.78 is 75.1. The van der Waals surface area contributed by atoms with Gasteiger partial charge >= 0.3 is 6.18 Å². The molecule has 0 aromatic heterocycles. The van der Waals surface area contributed by atoms with E-state index < -0.39 is 39.3 Å². The molecule has 1 rings (SSSR count). The molecule has 3 nitrogen and oxygen atoms in total. The van der Waals surface area contributed by atoms with Crippen molar-refractivity contribution in [2.75, 3.05) is 12.5 Å². The average molecular weight is 272 g/mol. The third-order valence-electron chi connectivity index (χ3n) is 1.68. The number of ether oxygens (including phenoxy) is 1. The molecule has 0 saturated heterocycles. The molecule has 0 spiro atoms. The molecule has 17 heavy (non-hydrogen) atoms. The van der Waals surface area contributed by atoms with Gasteiger partial charge in [0.25, 0.3) is 0 Å². The van der Waals surface area contributed by atoms with Crippen LogP contribution >= 0.6 is 0 Å². The largest absolute Gasteiger partial charge is 0.411 e. The summed E-state index contributed by atoms with van der Waals surface area (Å²) in [6, 6.07) is 4.39. The topological polar surface area (TPSA) is 43.4 Å². The molecule has 0 saturated carbocycles. The fraction of sp³-hybridized carbons (Fsp3) is 0.333. The van der Waals surface area contributed by atoms with E-state index in [4.69, 9.17) is 0 Å². The smallest absolute Gasteiger partial charge is 0.356 e. The summed E-state index contributed by atoms with van der Waals surface area (Å²) in [5.74, 6) is -2.24. The van der Waals surface area contributed by atoms with Crippen molar-refractivity contribution in [3.8, 4) is 0 Å². The van der Waals surface area contributed by atoms with Crippen LogP contribution in [-0.4, -0.2) is 27.1 Å². The third-order valence-corrected chi connectivity index (χ3v) is 3.15. The zero-order chi connectivity index (χ0) is 13.1. The van der Waals surface area contributed by atoms with Gasteiger partial charge in [-0.2, -0.15) is 13.2 Å². The van der Waals surface area contributed by atoms with Crippen molar-refractivity contribution in [2.45, 2.75) is 11.1 Å². The fourth-order valence-corrected chi connectivity index (χ4v) is 2.11. The quantitative estimate of drug-likeness (QED) is 0.789. The van der Waals surface area contributed by atoms with Gasteiger partial charge in [-0.3, -0.25) is 0 Å². The van der Waals surface area contributed by atoms with Gasteiger partial charge in [-0.25, -0.2) is 12.8 Å². The van der Waals surface area contributed by atoms with Crippen LogP contribution in [0.25, 0.3) is 0 Å². The molecule has 1 aromatic rings. The Morgan fingerprint density at radius 2 is 1.76 bits per heavy atom. The highest BCUT2D eigenvalue weighted by Gasteiger charge is 2.29. The monoisotopic (exact) mass is 272 g/mol. The number of rotatable bonds is 4. The molecule has 0 fully saturated rings. The normalized spacial score (nSPS) is 12.7. The molecule has 0 bridgehead atoms. The Morgan fingerprint density at radius 3 is 2.29 bits per heavy atom. The van der Waals surface area contributed by atoms with E-state index in [0.717, 1.165) is 12.1 Å². The first kappa shape index (κ1) is 13.9. The molecule has 0 aliphatic carbocycles. The van der Waals surface area contributed by atoms with E-state index in [9.17, 15) is 26.0 Å². The summed E-state index contributed by atoms with van der Waals surface area (Å²) >= 11 is 0. The van der Waals surface area contributed by atoms with Crippen LogP contribution in [0, 0.1) is 5.82 Å². The van der Waals surface area contributed by atoms with Gasteiger partial charge in [0, 0.05) is 0 Å². The van der Waals surface area contributed by atoms with Crippen LogP contribution in [0.5, 0.6) is 0 Å². The molecule has 0 heterocycles. The Balaban J connectivity index is 2.74. The van der Waals surface area contributed by atoms with Crippen molar-refractivity contribution in [1.82, 2.24) is 0 Å². The van der Waals surface area contributed by atoms with E-state index in [-0.39, 0.29) is 0 Å². The zero-order valence-corrected chi connectivity index (χ0v) is 9.18. The van der Waals surface area contributed by atoms with Gasteiger partial charge in [-0.1, -0.05) is 12.1 Å². The standard InChI is InChI=1S/C9H8F4O3S/c10-7-3-1-2-4-8(7)17(14,15)6-16-5-9(11,12)13/h1-4H,5-6H2. The number of sulfone groups is 1. The molecule has 0 atom stereocenters. The minimum Gasteiger partial charge on any atom is -0.356 e. The van der Waals surface area contributed by atoms with Crippen LogP contribution in [0.15, 0.2) is 29.2 Å². The predicted molar refractivity (Wildman–Crippen MR) is 50.5 cm³/mol. The van der Waals surface area contributed by atoms with Gasteiger partial charge in [0.15, 0.2) is 5.94 Å². The summed E-state index contributed by atoms with van der Waals surface area (Å²) in [6.45, 7) is -1.69. The highest BCUT2D eigenvalue weighted by Crippen LogP contribution is 2.18. The summed E-state index contributed by atoms with van der Waals surface area (Å²) in [4.78, 5) is -0.679. The van der Waals surface area contributed by atoms with Crippen molar-refractivity contribution >= 4 is 9.84 Å². The Bertz CT molecular complexity index is 481. The minimum atomic E-state index is -4.62. The van der Waals surface area contributed by atoms with E-state index in [1.54, 1.807) is 0 Å². The summed E-state index contributed by atoms with van der Waals surface area (Å²) in [6.07, 6.45) is -4.62. The zero-order valence-electron chi connectivity index (χ0n) is 8.37. The fourth-order valence-electron chi connectivity index (χ4n) is 1.03. The number of hydrogen-bond acceptors (Lipinski definition) is 3. The first-order chi connectivity index (χ1) is 7.72. The van der Waals surface area contributed by atoms with Crippen molar-refractivity contribution in [2.24, 2.45) is 0 Å². The van der Waals surface area contributed by atoms with Gasteiger partial charge in [0.1, 0.15) is 17.3 Å². The van der Waals surface area contributed by atoms with Gasteiger partial charge in [0.05, 0.1) is 0 Å². The van der Waals surface area contributed by atoms with Crippen molar-refractivity contribution in [1.29, 1.82) is 0 Å². The Hall–Kier alpha value is -1.15. The number of halogens is 4. The third kappa shape index (κ3) is 4.31. The van der Waals surface area contributed by atoms with E-state index in [2.05, 4.69) is 4.74 Å². The molecule has 96 valence electrons. The first-order valence-corrected chi connectivity index (χ1v) is 5.99. The summed E-state index contributed by atoms with van der Waals surface area (Å²) in [5, 5.41) is 0.